The minimum atomic E-state index is -0.955. The highest BCUT2D eigenvalue weighted by Crippen LogP contribution is 2.52. The highest BCUT2D eigenvalue weighted by atomic mass is 16.5. The van der Waals surface area contributed by atoms with Gasteiger partial charge in [0.15, 0.2) is 0 Å². The van der Waals surface area contributed by atoms with Crippen LogP contribution in [0.25, 0.3) is 6.08 Å². The van der Waals surface area contributed by atoms with Crippen molar-refractivity contribution in [2.75, 3.05) is 13.1 Å². The third-order valence-corrected chi connectivity index (χ3v) is 10.0. The summed E-state index contributed by atoms with van der Waals surface area (Å²) >= 11 is 0. The number of phenolic OH excluding ortho intramolecular Hbond substituents is 1. The number of nitrogens with zero attached hydrogens (tertiary/aromatic N) is 2. The molecule has 4 aliphatic rings. The molecular weight excluding hydrogens is 539 g/mol. The number of hydrogen-bond acceptors (Lipinski definition) is 6. The Kier molecular flexibility index (Phi) is 8.89. The molecule has 0 saturated carbocycles. The number of carbonyl (C=O) groups is 2. The lowest BCUT2D eigenvalue weighted by Gasteiger charge is -2.43. The fraction of sp³-hybridized carbons (Fsp3) is 0.486. The van der Waals surface area contributed by atoms with Gasteiger partial charge in [-0.05, 0) is 86.5 Å². The van der Waals surface area contributed by atoms with Gasteiger partial charge in [0.1, 0.15) is 5.75 Å². The van der Waals surface area contributed by atoms with E-state index in [0.717, 1.165) is 62.0 Å². The number of rotatable bonds is 8. The maximum Gasteiger partial charge on any atom is 0.455 e. The average Bonchev–Trinajstić information content (AvgIpc) is 3.25. The van der Waals surface area contributed by atoms with Crippen molar-refractivity contribution in [1.29, 1.82) is 0 Å². The number of phenols is 1. The van der Waals surface area contributed by atoms with Gasteiger partial charge < -0.3 is 14.8 Å². The SMILES string of the molecule is CCC1=C2[C@@H](CC/C(C)=C/c3cccc(O)c3)OB(O)C[C@@H]2[C@@H]2C(=O)N(C3CCN(Cc4ccccc4)CC3)C(=O)[C@@H]2C1. The molecule has 7 nitrogen and oxygen atoms in total. The van der Waals surface area contributed by atoms with Gasteiger partial charge in [0.2, 0.25) is 11.8 Å². The Morgan fingerprint density at radius 2 is 1.81 bits per heavy atom. The quantitative estimate of drug-likeness (QED) is 0.245. The second kappa shape index (κ2) is 12.8. The van der Waals surface area contributed by atoms with Gasteiger partial charge in [-0.25, -0.2) is 0 Å². The summed E-state index contributed by atoms with van der Waals surface area (Å²) in [6.07, 6.45) is 6.60. The van der Waals surface area contributed by atoms with Crippen LogP contribution in [0, 0.1) is 17.8 Å². The number of amides is 2. The van der Waals surface area contributed by atoms with Gasteiger partial charge in [-0.3, -0.25) is 19.4 Å². The van der Waals surface area contributed by atoms with Crippen LogP contribution >= 0.6 is 0 Å². The normalized spacial score (nSPS) is 27.1. The van der Waals surface area contributed by atoms with Crippen LogP contribution in [0.3, 0.4) is 0 Å². The van der Waals surface area contributed by atoms with E-state index in [1.165, 1.54) is 11.1 Å². The zero-order valence-corrected chi connectivity index (χ0v) is 25.3. The lowest BCUT2D eigenvalue weighted by Crippen LogP contribution is -2.48. The van der Waals surface area contributed by atoms with Crippen LogP contribution in [0.1, 0.15) is 63.5 Å². The Morgan fingerprint density at radius 1 is 1.05 bits per heavy atom. The minimum absolute atomic E-state index is 0.0102. The van der Waals surface area contributed by atoms with E-state index < -0.39 is 13.0 Å². The first-order valence-corrected chi connectivity index (χ1v) is 16.0. The average molecular weight is 583 g/mol. The summed E-state index contributed by atoms with van der Waals surface area (Å²) in [6, 6.07) is 17.6. The third-order valence-electron chi connectivity index (χ3n) is 10.0. The van der Waals surface area contributed by atoms with Crippen LogP contribution in [-0.2, 0) is 20.8 Å². The molecule has 0 aromatic heterocycles. The fourth-order valence-corrected chi connectivity index (χ4v) is 7.99. The van der Waals surface area contributed by atoms with Gasteiger partial charge in [0.25, 0.3) is 0 Å². The van der Waals surface area contributed by atoms with Crippen molar-refractivity contribution in [3.05, 3.63) is 82.4 Å². The van der Waals surface area contributed by atoms with Crippen molar-refractivity contribution < 1.29 is 24.4 Å². The summed E-state index contributed by atoms with van der Waals surface area (Å²) < 4.78 is 6.14. The number of aromatic hydroxyl groups is 1. The molecular formula is C35H43BN2O5. The Hall–Kier alpha value is -3.20. The van der Waals surface area contributed by atoms with Crippen LogP contribution in [-0.4, -0.2) is 64.1 Å². The van der Waals surface area contributed by atoms with Gasteiger partial charge in [0.05, 0.1) is 17.9 Å². The number of imide groups is 1. The van der Waals surface area contributed by atoms with Gasteiger partial charge in [0, 0.05) is 25.7 Å². The molecule has 0 unspecified atom stereocenters. The number of likely N-dealkylation sites (tertiary alicyclic amines) is 2. The molecule has 2 aromatic rings. The molecule has 3 saturated heterocycles. The Balaban J connectivity index is 1.16. The van der Waals surface area contributed by atoms with Crippen molar-refractivity contribution in [2.24, 2.45) is 17.8 Å². The zero-order chi connectivity index (χ0) is 30.1. The van der Waals surface area contributed by atoms with Crippen molar-refractivity contribution in [3.8, 4) is 5.75 Å². The number of hydrogen-bond donors (Lipinski definition) is 2. The van der Waals surface area contributed by atoms with E-state index in [-0.39, 0.29) is 41.5 Å². The van der Waals surface area contributed by atoms with Crippen LogP contribution in [0.4, 0.5) is 0 Å². The molecule has 43 heavy (non-hydrogen) atoms. The largest absolute Gasteiger partial charge is 0.508 e. The first kappa shape index (κ1) is 29.9. The number of piperidine rings is 1. The van der Waals surface area contributed by atoms with E-state index in [9.17, 15) is 19.7 Å². The molecule has 3 heterocycles. The van der Waals surface area contributed by atoms with Gasteiger partial charge in [-0.1, -0.05) is 66.6 Å². The second-order valence-electron chi connectivity index (χ2n) is 12.8. The summed E-state index contributed by atoms with van der Waals surface area (Å²) in [4.78, 5) is 32.0. The topological polar surface area (TPSA) is 90.3 Å². The lowest BCUT2D eigenvalue weighted by atomic mass is 9.58. The maximum atomic E-state index is 14.1. The highest BCUT2D eigenvalue weighted by Gasteiger charge is 2.58. The molecule has 2 N–H and O–H groups in total. The van der Waals surface area contributed by atoms with Crippen LogP contribution in [0.15, 0.2) is 71.3 Å². The summed E-state index contributed by atoms with van der Waals surface area (Å²) in [7, 11) is -0.955. The van der Waals surface area contributed by atoms with Crippen LogP contribution in [0.2, 0.25) is 6.32 Å². The molecule has 8 heteroatoms. The zero-order valence-electron chi connectivity index (χ0n) is 25.3. The number of allylic oxidation sites excluding steroid dienone is 2. The molecule has 0 bridgehead atoms. The van der Waals surface area contributed by atoms with Gasteiger partial charge in [-0.15, -0.1) is 0 Å². The van der Waals surface area contributed by atoms with Crippen molar-refractivity contribution in [2.45, 2.75) is 77.4 Å². The highest BCUT2D eigenvalue weighted by molar-refractivity contribution is 6.43. The summed E-state index contributed by atoms with van der Waals surface area (Å²) in [6.45, 7) is 6.80. The molecule has 3 fully saturated rings. The monoisotopic (exact) mass is 582 g/mol. The van der Waals surface area contributed by atoms with E-state index >= 15 is 0 Å². The maximum absolute atomic E-state index is 14.1. The fourth-order valence-electron chi connectivity index (χ4n) is 7.99. The first-order chi connectivity index (χ1) is 20.8. The lowest BCUT2D eigenvalue weighted by molar-refractivity contribution is -0.144. The molecule has 0 radical (unpaired) electrons. The Morgan fingerprint density at radius 3 is 2.53 bits per heavy atom. The van der Waals surface area contributed by atoms with Crippen LogP contribution < -0.4 is 0 Å². The summed E-state index contributed by atoms with van der Waals surface area (Å²) in [5, 5.41) is 20.7. The van der Waals surface area contributed by atoms with Gasteiger partial charge >= 0.3 is 7.12 Å². The number of carbonyl (C=O) groups excluding carboxylic acids is 2. The number of fused-ring (bicyclic) bond motifs is 3. The number of benzene rings is 2. The molecule has 4 atom stereocenters. The van der Waals surface area contributed by atoms with Crippen molar-refractivity contribution in [3.63, 3.8) is 0 Å². The van der Waals surface area contributed by atoms with Gasteiger partial charge in [-0.2, -0.15) is 0 Å². The third kappa shape index (κ3) is 6.24. The van der Waals surface area contributed by atoms with E-state index in [1.54, 1.807) is 17.0 Å². The van der Waals surface area contributed by atoms with Crippen molar-refractivity contribution in [1.82, 2.24) is 9.80 Å². The molecule has 226 valence electrons. The van der Waals surface area contributed by atoms with Crippen molar-refractivity contribution >= 4 is 25.0 Å². The van der Waals surface area contributed by atoms with E-state index in [4.69, 9.17) is 4.65 Å². The van der Waals surface area contributed by atoms with E-state index in [2.05, 4.69) is 49.1 Å². The molecule has 2 aromatic carbocycles. The molecule has 2 amide bonds. The molecule has 0 spiro atoms. The predicted molar refractivity (Wildman–Crippen MR) is 168 cm³/mol. The van der Waals surface area contributed by atoms with E-state index in [0.29, 0.717) is 19.2 Å². The second-order valence-corrected chi connectivity index (χ2v) is 12.8. The summed E-state index contributed by atoms with van der Waals surface area (Å²) in [5.41, 5.74) is 5.74. The smallest absolute Gasteiger partial charge is 0.455 e. The Bertz CT molecular complexity index is 1400. The Labute approximate surface area is 255 Å². The summed E-state index contributed by atoms with van der Waals surface area (Å²) in [5.74, 6) is -0.731. The predicted octanol–water partition coefficient (Wildman–Crippen LogP) is 5.45. The molecule has 6 rings (SSSR count). The first-order valence-electron chi connectivity index (χ1n) is 16.0. The standard InChI is InChI=1S/C35H43BN2O5/c1-3-26-20-29-33(35(41)38(34(29)40)27-14-16-37(17-15-27)22-24-8-5-4-6-9-24)30-21-36(42)43-31(32(26)30)13-12-23(2)18-25-10-7-11-28(39)19-25/h4-11,18-19,27,29-31,33,39,42H,3,12-17,20-22H2,1-2H3/b23-18+/t29-,30+,31-,33-/m1/s1. The minimum Gasteiger partial charge on any atom is -0.508 e. The van der Waals surface area contributed by atoms with E-state index in [1.807, 2.05) is 18.2 Å². The van der Waals surface area contributed by atoms with Crippen LogP contribution in [0.5, 0.6) is 5.75 Å². The molecule has 1 aliphatic carbocycles. The molecule has 3 aliphatic heterocycles.